The molecule has 0 atom stereocenters. The van der Waals surface area contributed by atoms with Crippen molar-refractivity contribution in [3.8, 4) is 0 Å². The van der Waals surface area contributed by atoms with Crippen molar-refractivity contribution in [2.24, 2.45) is 0 Å². The van der Waals surface area contributed by atoms with Crippen molar-refractivity contribution < 1.29 is 9.53 Å². The first-order valence-corrected chi connectivity index (χ1v) is 8.23. The second-order valence-electron chi connectivity index (χ2n) is 5.65. The lowest BCUT2D eigenvalue weighted by atomic mass is 10.1. The molecule has 0 aliphatic heterocycles. The minimum atomic E-state index is -0.105. The number of ether oxygens (including phenoxy) is 1. The van der Waals surface area contributed by atoms with Crippen molar-refractivity contribution in [2.45, 2.75) is 32.9 Å². The van der Waals surface area contributed by atoms with Gasteiger partial charge in [-0.25, -0.2) is 0 Å². The third kappa shape index (κ3) is 6.66. The Morgan fingerprint density at radius 2 is 1.43 bits per heavy atom. The summed E-state index contributed by atoms with van der Waals surface area (Å²) in [6.07, 6.45) is 1.33. The maximum absolute atomic E-state index is 11.5. The largest absolute Gasteiger partial charge is 0.464 e. The van der Waals surface area contributed by atoms with Gasteiger partial charge in [-0.05, 0) is 17.5 Å². The fourth-order valence-corrected chi connectivity index (χ4v) is 2.46. The van der Waals surface area contributed by atoms with E-state index in [2.05, 4.69) is 53.4 Å². The molecule has 0 saturated carbocycles. The zero-order chi connectivity index (χ0) is 16.3. The van der Waals surface area contributed by atoms with Gasteiger partial charge >= 0.3 is 5.97 Å². The molecule has 0 amide bonds. The predicted molar refractivity (Wildman–Crippen MR) is 92.9 cm³/mol. The highest BCUT2D eigenvalue weighted by atomic mass is 16.5. The van der Waals surface area contributed by atoms with E-state index in [0.717, 1.165) is 26.1 Å². The van der Waals surface area contributed by atoms with Crippen LogP contribution in [0.1, 0.15) is 30.9 Å². The van der Waals surface area contributed by atoms with E-state index in [1.165, 1.54) is 11.1 Å². The van der Waals surface area contributed by atoms with E-state index in [1.807, 2.05) is 19.1 Å². The topological polar surface area (TPSA) is 29.5 Å². The average Bonchev–Trinajstić information content (AvgIpc) is 2.57. The van der Waals surface area contributed by atoms with Gasteiger partial charge in [0.1, 0.15) is 6.61 Å². The van der Waals surface area contributed by atoms with Gasteiger partial charge in [0.25, 0.3) is 0 Å². The van der Waals surface area contributed by atoms with Crippen LogP contribution in [-0.2, 0) is 22.6 Å². The summed E-state index contributed by atoms with van der Waals surface area (Å²) < 4.78 is 5.31. The molecular formula is C20H25NO2. The lowest BCUT2D eigenvalue weighted by Gasteiger charge is -2.22. The van der Waals surface area contributed by atoms with Gasteiger partial charge in [0.05, 0.1) is 0 Å². The van der Waals surface area contributed by atoms with Gasteiger partial charge in [-0.3, -0.25) is 9.69 Å². The van der Waals surface area contributed by atoms with Crippen LogP contribution < -0.4 is 0 Å². The third-order valence-electron chi connectivity index (χ3n) is 3.62. The lowest BCUT2D eigenvalue weighted by molar-refractivity contribution is -0.144. The second-order valence-corrected chi connectivity index (χ2v) is 5.65. The number of carbonyl (C=O) groups is 1. The van der Waals surface area contributed by atoms with Gasteiger partial charge in [0.2, 0.25) is 0 Å². The molecule has 0 aromatic heterocycles. The molecular weight excluding hydrogens is 286 g/mol. The van der Waals surface area contributed by atoms with Crippen molar-refractivity contribution in [1.29, 1.82) is 0 Å². The van der Waals surface area contributed by atoms with E-state index in [4.69, 9.17) is 4.74 Å². The van der Waals surface area contributed by atoms with Crippen molar-refractivity contribution in [2.75, 3.05) is 13.2 Å². The molecule has 0 heterocycles. The summed E-state index contributed by atoms with van der Waals surface area (Å²) in [4.78, 5) is 13.8. The third-order valence-corrected chi connectivity index (χ3v) is 3.62. The smallest absolute Gasteiger partial charge is 0.305 e. The van der Waals surface area contributed by atoms with E-state index in [9.17, 15) is 4.79 Å². The fourth-order valence-electron chi connectivity index (χ4n) is 2.46. The number of hydrogen-bond donors (Lipinski definition) is 0. The second kappa shape index (κ2) is 9.80. The normalized spacial score (nSPS) is 10.7. The first kappa shape index (κ1) is 17.2. The van der Waals surface area contributed by atoms with Crippen LogP contribution in [0.4, 0.5) is 0 Å². The van der Waals surface area contributed by atoms with Gasteiger partial charge in [0, 0.05) is 26.1 Å². The van der Waals surface area contributed by atoms with Crippen LogP contribution in [0.15, 0.2) is 60.7 Å². The fraction of sp³-hybridized carbons (Fsp3) is 0.350. The highest BCUT2D eigenvalue weighted by Crippen LogP contribution is 2.10. The van der Waals surface area contributed by atoms with Crippen LogP contribution in [0.3, 0.4) is 0 Å². The summed E-state index contributed by atoms with van der Waals surface area (Å²) in [5.41, 5.74) is 2.53. The summed E-state index contributed by atoms with van der Waals surface area (Å²) in [7, 11) is 0. The van der Waals surface area contributed by atoms with Crippen molar-refractivity contribution in [3.05, 3.63) is 71.8 Å². The molecule has 0 fully saturated rings. The Morgan fingerprint density at radius 1 is 0.913 bits per heavy atom. The van der Waals surface area contributed by atoms with Gasteiger partial charge in [-0.1, -0.05) is 67.6 Å². The molecule has 0 unspecified atom stereocenters. The summed E-state index contributed by atoms with van der Waals surface area (Å²) in [5.74, 6) is -0.105. The maximum atomic E-state index is 11.5. The number of rotatable bonds is 9. The summed E-state index contributed by atoms with van der Waals surface area (Å²) in [6, 6.07) is 20.8. The Morgan fingerprint density at radius 3 is 1.91 bits per heavy atom. The van der Waals surface area contributed by atoms with E-state index < -0.39 is 0 Å². The van der Waals surface area contributed by atoms with Crippen LogP contribution >= 0.6 is 0 Å². The molecule has 23 heavy (non-hydrogen) atoms. The summed E-state index contributed by atoms with van der Waals surface area (Å²) in [6.45, 7) is 4.86. The predicted octanol–water partition coefficient (Wildman–Crippen LogP) is 4.03. The SMILES string of the molecule is CCCC(=O)OCCN(Cc1ccccc1)Cc1ccccc1. The van der Waals surface area contributed by atoms with Gasteiger partial charge in [-0.2, -0.15) is 0 Å². The highest BCUT2D eigenvalue weighted by Gasteiger charge is 2.09. The summed E-state index contributed by atoms with van der Waals surface area (Å²) >= 11 is 0. The Balaban J connectivity index is 1.92. The molecule has 2 rings (SSSR count). The molecule has 0 saturated heterocycles. The lowest BCUT2D eigenvalue weighted by Crippen LogP contribution is -2.27. The molecule has 2 aromatic rings. The van der Waals surface area contributed by atoms with Crippen LogP contribution in [0.2, 0.25) is 0 Å². The Labute approximate surface area is 138 Å². The molecule has 0 aliphatic carbocycles. The quantitative estimate of drug-likeness (QED) is 0.655. The minimum Gasteiger partial charge on any atom is -0.464 e. The van der Waals surface area contributed by atoms with E-state index in [-0.39, 0.29) is 5.97 Å². The standard InChI is InChI=1S/C20H25NO2/c1-2-9-20(22)23-15-14-21(16-18-10-5-3-6-11-18)17-19-12-7-4-8-13-19/h3-8,10-13H,2,9,14-17H2,1H3. The molecule has 2 aromatic carbocycles. The van der Waals surface area contributed by atoms with Crippen LogP contribution in [0, 0.1) is 0 Å². The van der Waals surface area contributed by atoms with E-state index in [0.29, 0.717) is 13.0 Å². The molecule has 122 valence electrons. The maximum Gasteiger partial charge on any atom is 0.305 e. The molecule has 0 N–H and O–H groups in total. The molecule has 0 spiro atoms. The number of hydrogen-bond acceptors (Lipinski definition) is 3. The molecule has 3 heteroatoms. The van der Waals surface area contributed by atoms with E-state index >= 15 is 0 Å². The van der Waals surface area contributed by atoms with Gasteiger partial charge in [-0.15, -0.1) is 0 Å². The number of carbonyl (C=O) groups excluding carboxylic acids is 1. The van der Waals surface area contributed by atoms with Crippen molar-refractivity contribution in [1.82, 2.24) is 4.90 Å². The van der Waals surface area contributed by atoms with Crippen molar-refractivity contribution >= 4 is 5.97 Å². The van der Waals surface area contributed by atoms with Gasteiger partial charge in [0.15, 0.2) is 0 Å². The molecule has 0 radical (unpaired) electrons. The van der Waals surface area contributed by atoms with E-state index in [1.54, 1.807) is 0 Å². The zero-order valence-corrected chi connectivity index (χ0v) is 13.8. The first-order valence-electron chi connectivity index (χ1n) is 8.23. The zero-order valence-electron chi connectivity index (χ0n) is 13.8. The molecule has 0 aliphatic rings. The first-order chi connectivity index (χ1) is 11.3. The Kier molecular flexibility index (Phi) is 7.34. The number of nitrogens with zero attached hydrogens (tertiary/aromatic N) is 1. The van der Waals surface area contributed by atoms with Gasteiger partial charge < -0.3 is 4.74 Å². The number of esters is 1. The monoisotopic (exact) mass is 311 g/mol. The Bertz CT molecular complexity index is 527. The average molecular weight is 311 g/mol. The molecule has 0 bridgehead atoms. The van der Waals surface area contributed by atoms with Crippen LogP contribution in [0.5, 0.6) is 0 Å². The van der Waals surface area contributed by atoms with Crippen LogP contribution in [0.25, 0.3) is 0 Å². The highest BCUT2D eigenvalue weighted by molar-refractivity contribution is 5.69. The number of benzene rings is 2. The van der Waals surface area contributed by atoms with Crippen LogP contribution in [-0.4, -0.2) is 24.0 Å². The Hall–Kier alpha value is -2.13. The molecule has 3 nitrogen and oxygen atoms in total. The van der Waals surface area contributed by atoms with Crippen molar-refractivity contribution in [3.63, 3.8) is 0 Å². The minimum absolute atomic E-state index is 0.105. The summed E-state index contributed by atoms with van der Waals surface area (Å²) in [5, 5.41) is 0.